The normalized spacial score (nSPS) is 16.8. The molecule has 0 aliphatic carbocycles. The number of nitrogens with one attached hydrogen (secondary N) is 1. The predicted octanol–water partition coefficient (Wildman–Crippen LogP) is 2.27. The van der Waals surface area contributed by atoms with Crippen molar-refractivity contribution in [2.45, 2.75) is 19.4 Å². The van der Waals surface area contributed by atoms with Crippen LogP contribution in [-0.4, -0.2) is 38.7 Å². The van der Waals surface area contributed by atoms with Crippen LogP contribution in [0.1, 0.15) is 18.4 Å². The Morgan fingerprint density at radius 3 is 2.79 bits per heavy atom. The summed E-state index contributed by atoms with van der Waals surface area (Å²) in [4.78, 5) is 2.20. The number of hydrogen-bond donors (Lipinski definition) is 1. The molecule has 1 N–H and O–H groups in total. The van der Waals surface area contributed by atoms with E-state index in [1.807, 2.05) is 12.1 Å². The van der Waals surface area contributed by atoms with Crippen LogP contribution in [-0.2, 0) is 6.54 Å². The Hall–Kier alpha value is -1.13. The van der Waals surface area contributed by atoms with E-state index < -0.39 is 0 Å². The second-order valence-corrected chi connectivity index (χ2v) is 5.32. The molecule has 0 atom stereocenters. The highest BCUT2D eigenvalue weighted by atomic mass is 19.1. The van der Waals surface area contributed by atoms with Crippen molar-refractivity contribution in [3.05, 3.63) is 29.6 Å². The first-order valence-electron chi connectivity index (χ1n) is 6.91. The Morgan fingerprint density at radius 2 is 2.11 bits per heavy atom. The lowest BCUT2D eigenvalue weighted by Crippen LogP contribution is -2.34. The van der Waals surface area contributed by atoms with Crippen molar-refractivity contribution in [1.29, 1.82) is 0 Å². The van der Waals surface area contributed by atoms with E-state index in [9.17, 15) is 4.39 Å². The zero-order valence-electron chi connectivity index (χ0n) is 11.8. The third-order valence-corrected chi connectivity index (χ3v) is 3.73. The fourth-order valence-corrected chi connectivity index (χ4v) is 2.70. The molecule has 1 aliphatic rings. The highest BCUT2D eigenvalue weighted by Crippen LogP contribution is 2.21. The number of methoxy groups -OCH3 is 1. The molecule has 0 saturated carbocycles. The van der Waals surface area contributed by atoms with E-state index in [0.717, 1.165) is 25.6 Å². The summed E-state index contributed by atoms with van der Waals surface area (Å²) in [5.41, 5.74) is 0.704. The lowest BCUT2D eigenvalue weighted by Gasteiger charge is -2.27. The maximum Gasteiger partial charge on any atom is 0.169 e. The van der Waals surface area contributed by atoms with Crippen molar-refractivity contribution in [3.8, 4) is 5.75 Å². The monoisotopic (exact) mass is 266 g/mol. The van der Waals surface area contributed by atoms with Crippen LogP contribution in [0.2, 0.25) is 0 Å². The van der Waals surface area contributed by atoms with Crippen LogP contribution in [0.3, 0.4) is 0 Å². The molecule has 1 saturated heterocycles. The largest absolute Gasteiger partial charge is 0.494 e. The van der Waals surface area contributed by atoms with Gasteiger partial charge in [0.2, 0.25) is 0 Å². The zero-order valence-corrected chi connectivity index (χ0v) is 11.8. The van der Waals surface area contributed by atoms with Gasteiger partial charge in [-0.3, -0.25) is 0 Å². The number of nitrogens with zero attached hydrogens (tertiary/aromatic N) is 1. The van der Waals surface area contributed by atoms with Gasteiger partial charge in [-0.05, 0) is 45.0 Å². The molecule has 19 heavy (non-hydrogen) atoms. The van der Waals surface area contributed by atoms with Crippen LogP contribution in [0.4, 0.5) is 4.39 Å². The fraction of sp³-hybridized carbons (Fsp3) is 0.600. The number of piperidine rings is 1. The van der Waals surface area contributed by atoms with Crippen LogP contribution in [0, 0.1) is 11.7 Å². The van der Waals surface area contributed by atoms with Gasteiger partial charge in [0.25, 0.3) is 0 Å². The Balaban J connectivity index is 1.92. The molecular formula is C15H23FN2O. The lowest BCUT2D eigenvalue weighted by molar-refractivity contribution is 0.231. The minimum Gasteiger partial charge on any atom is -0.494 e. The summed E-state index contributed by atoms with van der Waals surface area (Å²) in [7, 11) is 3.56. The molecule has 0 amide bonds. The molecule has 3 nitrogen and oxygen atoms in total. The average molecular weight is 266 g/mol. The van der Waals surface area contributed by atoms with Crippen molar-refractivity contribution >= 4 is 0 Å². The molecule has 1 fully saturated rings. The standard InChI is InChI=1S/C15H23FN2O/c1-18(10-12-6-8-17-9-7-12)11-13-4-3-5-14(19-2)15(13)16/h3-5,12,17H,6-11H2,1-2H3. The summed E-state index contributed by atoms with van der Waals surface area (Å²) in [5, 5.41) is 3.37. The van der Waals surface area contributed by atoms with Gasteiger partial charge in [0.05, 0.1) is 7.11 Å². The van der Waals surface area contributed by atoms with E-state index in [4.69, 9.17) is 4.74 Å². The fourth-order valence-electron chi connectivity index (χ4n) is 2.70. The molecule has 0 unspecified atom stereocenters. The van der Waals surface area contributed by atoms with E-state index in [2.05, 4.69) is 17.3 Å². The Labute approximate surface area is 114 Å². The molecule has 2 rings (SSSR count). The second kappa shape index (κ2) is 6.87. The van der Waals surface area contributed by atoms with Crippen molar-refractivity contribution in [2.24, 2.45) is 5.92 Å². The zero-order chi connectivity index (χ0) is 13.7. The van der Waals surface area contributed by atoms with Gasteiger partial charge in [-0.15, -0.1) is 0 Å². The molecule has 4 heteroatoms. The van der Waals surface area contributed by atoms with Gasteiger partial charge in [0, 0.05) is 18.7 Å². The Morgan fingerprint density at radius 1 is 1.37 bits per heavy atom. The molecule has 106 valence electrons. The van der Waals surface area contributed by atoms with Crippen LogP contribution in [0.25, 0.3) is 0 Å². The van der Waals surface area contributed by atoms with Gasteiger partial charge in [-0.2, -0.15) is 0 Å². The highest BCUT2D eigenvalue weighted by Gasteiger charge is 2.16. The average Bonchev–Trinajstić information content (AvgIpc) is 2.42. The summed E-state index contributed by atoms with van der Waals surface area (Å²) in [6.07, 6.45) is 2.43. The molecule has 0 spiro atoms. The van der Waals surface area contributed by atoms with Crippen molar-refractivity contribution in [1.82, 2.24) is 10.2 Å². The van der Waals surface area contributed by atoms with Crippen molar-refractivity contribution in [3.63, 3.8) is 0 Å². The first-order valence-corrected chi connectivity index (χ1v) is 6.91. The number of benzene rings is 1. The molecular weight excluding hydrogens is 243 g/mol. The number of hydrogen-bond acceptors (Lipinski definition) is 3. The van der Waals surface area contributed by atoms with Gasteiger partial charge >= 0.3 is 0 Å². The summed E-state index contributed by atoms with van der Waals surface area (Å²) >= 11 is 0. The molecule has 0 aromatic heterocycles. The molecule has 1 aromatic carbocycles. The molecule has 0 radical (unpaired) electrons. The number of rotatable bonds is 5. The maximum absolute atomic E-state index is 14.1. The smallest absolute Gasteiger partial charge is 0.169 e. The number of halogens is 1. The molecule has 1 aliphatic heterocycles. The molecule has 1 heterocycles. The first kappa shape index (κ1) is 14.3. The van der Waals surface area contributed by atoms with E-state index in [-0.39, 0.29) is 5.82 Å². The van der Waals surface area contributed by atoms with Gasteiger partial charge in [-0.25, -0.2) is 4.39 Å². The maximum atomic E-state index is 14.1. The van der Waals surface area contributed by atoms with E-state index in [1.54, 1.807) is 6.07 Å². The van der Waals surface area contributed by atoms with Crippen molar-refractivity contribution < 1.29 is 9.13 Å². The SMILES string of the molecule is COc1cccc(CN(C)CC2CCNCC2)c1F. The van der Waals surface area contributed by atoms with Crippen LogP contribution >= 0.6 is 0 Å². The van der Waals surface area contributed by atoms with Crippen LogP contribution in [0.5, 0.6) is 5.75 Å². The molecule has 0 bridgehead atoms. The van der Waals surface area contributed by atoms with Gasteiger partial charge in [0.1, 0.15) is 0 Å². The quantitative estimate of drug-likeness (QED) is 0.885. The third-order valence-electron chi connectivity index (χ3n) is 3.73. The third kappa shape index (κ3) is 3.91. The summed E-state index contributed by atoms with van der Waals surface area (Å²) in [6, 6.07) is 5.33. The van der Waals surface area contributed by atoms with E-state index >= 15 is 0 Å². The van der Waals surface area contributed by atoms with Gasteiger partial charge < -0.3 is 15.0 Å². The van der Waals surface area contributed by atoms with Crippen LogP contribution < -0.4 is 10.1 Å². The first-order chi connectivity index (χ1) is 9.20. The summed E-state index contributed by atoms with van der Waals surface area (Å²) in [6.45, 7) is 3.86. The second-order valence-electron chi connectivity index (χ2n) is 5.32. The van der Waals surface area contributed by atoms with Gasteiger partial charge in [-0.1, -0.05) is 12.1 Å². The molecule has 1 aromatic rings. The Bertz CT molecular complexity index is 405. The van der Waals surface area contributed by atoms with E-state index in [0.29, 0.717) is 17.9 Å². The predicted molar refractivity (Wildman–Crippen MR) is 74.9 cm³/mol. The topological polar surface area (TPSA) is 24.5 Å². The summed E-state index contributed by atoms with van der Waals surface area (Å²) in [5.74, 6) is 0.815. The van der Waals surface area contributed by atoms with Gasteiger partial charge in [0.15, 0.2) is 11.6 Å². The van der Waals surface area contributed by atoms with Crippen LogP contribution in [0.15, 0.2) is 18.2 Å². The number of ether oxygens (including phenoxy) is 1. The minimum absolute atomic E-state index is 0.234. The van der Waals surface area contributed by atoms with Crippen molar-refractivity contribution in [2.75, 3.05) is 33.8 Å². The van der Waals surface area contributed by atoms with E-state index in [1.165, 1.54) is 20.0 Å². The lowest BCUT2D eigenvalue weighted by atomic mass is 9.97. The minimum atomic E-state index is -0.234. The summed E-state index contributed by atoms with van der Waals surface area (Å²) < 4.78 is 19.1. The highest BCUT2D eigenvalue weighted by molar-refractivity contribution is 5.30. The Kier molecular flexibility index (Phi) is 5.16.